The monoisotopic (exact) mass is 476 g/mol. The molecule has 8 heteroatoms. The molecule has 0 saturated carbocycles. The first-order chi connectivity index (χ1) is 14.8. The van der Waals surface area contributed by atoms with Crippen LogP contribution in [0.4, 0.5) is 5.69 Å². The van der Waals surface area contributed by atoms with Crippen molar-refractivity contribution in [1.29, 1.82) is 0 Å². The van der Waals surface area contributed by atoms with Crippen molar-refractivity contribution in [2.24, 2.45) is 0 Å². The van der Waals surface area contributed by atoms with Crippen molar-refractivity contribution in [2.45, 2.75) is 18.2 Å². The number of halogens is 2. The van der Waals surface area contributed by atoms with Crippen LogP contribution < -0.4 is 9.62 Å². The van der Waals surface area contributed by atoms with E-state index in [1.54, 1.807) is 12.1 Å². The molecule has 0 saturated heterocycles. The van der Waals surface area contributed by atoms with Crippen LogP contribution in [-0.2, 0) is 21.2 Å². The van der Waals surface area contributed by atoms with Gasteiger partial charge in [0.05, 0.1) is 10.6 Å². The fourth-order valence-corrected chi connectivity index (χ4v) is 4.93. The van der Waals surface area contributed by atoms with Gasteiger partial charge in [0.15, 0.2) is 0 Å². The number of hydrogen-bond donors (Lipinski definition) is 1. The number of rotatable bonds is 8. The minimum atomic E-state index is -4.02. The fourth-order valence-electron chi connectivity index (χ4n) is 3.01. The van der Waals surface area contributed by atoms with E-state index in [2.05, 4.69) is 5.32 Å². The van der Waals surface area contributed by atoms with E-state index < -0.39 is 22.5 Å². The number of hydrogen-bond acceptors (Lipinski definition) is 3. The van der Waals surface area contributed by atoms with Crippen molar-refractivity contribution in [2.75, 3.05) is 17.4 Å². The lowest BCUT2D eigenvalue weighted by atomic mass is 10.1. The van der Waals surface area contributed by atoms with Gasteiger partial charge in [0, 0.05) is 16.6 Å². The number of aryl methyl sites for hydroxylation is 1. The highest BCUT2D eigenvalue weighted by molar-refractivity contribution is 7.92. The Hall–Kier alpha value is -2.54. The highest BCUT2D eigenvalue weighted by Crippen LogP contribution is 2.29. The van der Waals surface area contributed by atoms with Gasteiger partial charge in [-0.15, -0.1) is 0 Å². The van der Waals surface area contributed by atoms with Crippen molar-refractivity contribution in [1.82, 2.24) is 5.32 Å². The Morgan fingerprint density at radius 2 is 1.55 bits per heavy atom. The Labute approximate surface area is 192 Å². The maximum absolute atomic E-state index is 13.4. The van der Waals surface area contributed by atoms with Crippen LogP contribution in [0.5, 0.6) is 0 Å². The summed E-state index contributed by atoms with van der Waals surface area (Å²) in [5, 5.41) is 3.33. The summed E-state index contributed by atoms with van der Waals surface area (Å²) in [6, 6.07) is 20.6. The molecular weight excluding hydrogens is 455 g/mol. The minimum absolute atomic E-state index is 0.0753. The second kappa shape index (κ2) is 10.2. The molecule has 0 radical (unpaired) electrons. The molecule has 5 nitrogen and oxygen atoms in total. The highest BCUT2D eigenvalue weighted by atomic mass is 35.5. The molecule has 0 unspecified atom stereocenters. The van der Waals surface area contributed by atoms with Crippen molar-refractivity contribution in [3.63, 3.8) is 0 Å². The largest absolute Gasteiger partial charge is 0.354 e. The number of nitrogens with zero attached hydrogens (tertiary/aromatic N) is 1. The summed E-state index contributed by atoms with van der Waals surface area (Å²) in [6.07, 6.45) is 0.639. The normalized spacial score (nSPS) is 11.2. The van der Waals surface area contributed by atoms with Crippen LogP contribution in [0.15, 0.2) is 77.7 Å². The number of anilines is 1. The average Bonchev–Trinajstić information content (AvgIpc) is 2.72. The molecular formula is C23H22Cl2N2O3S. The van der Waals surface area contributed by atoms with Crippen molar-refractivity contribution in [3.05, 3.63) is 94.0 Å². The van der Waals surface area contributed by atoms with Crippen molar-refractivity contribution in [3.8, 4) is 0 Å². The van der Waals surface area contributed by atoms with E-state index in [0.29, 0.717) is 13.0 Å². The number of amides is 1. The van der Waals surface area contributed by atoms with Gasteiger partial charge >= 0.3 is 0 Å². The third-order valence-corrected chi connectivity index (χ3v) is 6.83. The van der Waals surface area contributed by atoms with Gasteiger partial charge in [-0.1, -0.05) is 71.2 Å². The summed E-state index contributed by atoms with van der Waals surface area (Å²) in [4.78, 5) is 12.7. The Balaban J connectivity index is 1.83. The third kappa shape index (κ3) is 6.23. The van der Waals surface area contributed by atoms with E-state index in [1.165, 1.54) is 30.3 Å². The van der Waals surface area contributed by atoms with Crippen LogP contribution in [0.1, 0.15) is 11.1 Å². The Morgan fingerprint density at radius 3 is 2.16 bits per heavy atom. The van der Waals surface area contributed by atoms with Crippen molar-refractivity contribution < 1.29 is 13.2 Å². The van der Waals surface area contributed by atoms with E-state index in [4.69, 9.17) is 23.2 Å². The summed E-state index contributed by atoms with van der Waals surface area (Å²) in [5.41, 5.74) is 2.22. The summed E-state index contributed by atoms with van der Waals surface area (Å²) in [7, 11) is -4.02. The zero-order chi connectivity index (χ0) is 22.4. The quantitative estimate of drug-likeness (QED) is 0.504. The van der Waals surface area contributed by atoms with Gasteiger partial charge in [0.2, 0.25) is 5.91 Å². The van der Waals surface area contributed by atoms with Gasteiger partial charge in [-0.25, -0.2) is 8.42 Å². The molecule has 0 fully saturated rings. The molecule has 3 aromatic rings. The molecule has 0 aliphatic carbocycles. The summed E-state index contributed by atoms with van der Waals surface area (Å²) in [5.74, 6) is -0.428. The topological polar surface area (TPSA) is 66.5 Å². The van der Waals surface area contributed by atoms with Crippen molar-refractivity contribution >= 4 is 44.8 Å². The minimum Gasteiger partial charge on any atom is -0.354 e. The number of nitrogens with one attached hydrogen (secondary N) is 1. The lowest BCUT2D eigenvalue weighted by molar-refractivity contribution is -0.119. The smallest absolute Gasteiger partial charge is 0.264 e. The van der Waals surface area contributed by atoms with Crippen LogP contribution >= 0.6 is 23.2 Å². The Morgan fingerprint density at radius 1 is 0.935 bits per heavy atom. The molecule has 3 rings (SSSR count). The molecule has 0 aliphatic heterocycles. The molecule has 0 aromatic heterocycles. The van der Waals surface area contributed by atoms with Gasteiger partial charge in [-0.2, -0.15) is 0 Å². The molecule has 0 spiro atoms. The SMILES string of the molecule is Cc1ccc(S(=O)(=O)N(CC(=O)NCCc2ccccc2)c2cc(Cl)cc(Cl)c2)cc1. The van der Waals surface area contributed by atoms with Gasteiger partial charge in [-0.05, 0) is 49.2 Å². The van der Waals surface area contributed by atoms with E-state index in [1.807, 2.05) is 37.3 Å². The maximum Gasteiger partial charge on any atom is 0.264 e. The van der Waals surface area contributed by atoms with Crippen LogP contribution in [0.25, 0.3) is 0 Å². The van der Waals surface area contributed by atoms with E-state index in [9.17, 15) is 13.2 Å². The number of carbonyl (C=O) groups excluding carboxylic acids is 1. The van der Waals surface area contributed by atoms with Crippen LogP contribution in [0, 0.1) is 6.92 Å². The number of sulfonamides is 1. The first-order valence-corrected chi connectivity index (χ1v) is 11.8. The zero-order valence-corrected chi connectivity index (χ0v) is 19.2. The van der Waals surface area contributed by atoms with Gasteiger partial charge in [-0.3, -0.25) is 9.10 Å². The summed E-state index contributed by atoms with van der Waals surface area (Å²) < 4.78 is 27.7. The molecule has 3 aromatic carbocycles. The summed E-state index contributed by atoms with van der Waals surface area (Å²) in [6.45, 7) is 1.85. The zero-order valence-electron chi connectivity index (χ0n) is 16.9. The highest BCUT2D eigenvalue weighted by Gasteiger charge is 2.27. The second-order valence-corrected chi connectivity index (χ2v) is 9.77. The molecule has 0 bridgehead atoms. The van der Waals surface area contributed by atoms with Gasteiger partial charge in [0.25, 0.3) is 10.0 Å². The molecule has 162 valence electrons. The molecule has 0 heterocycles. The lowest BCUT2D eigenvalue weighted by Crippen LogP contribution is -2.41. The number of carbonyl (C=O) groups is 1. The first-order valence-electron chi connectivity index (χ1n) is 9.62. The van der Waals surface area contributed by atoms with Gasteiger partial charge in [0.1, 0.15) is 6.54 Å². The second-order valence-electron chi connectivity index (χ2n) is 7.04. The lowest BCUT2D eigenvalue weighted by Gasteiger charge is -2.24. The number of benzene rings is 3. The maximum atomic E-state index is 13.4. The standard InChI is InChI=1S/C23H22Cl2N2O3S/c1-17-7-9-22(10-8-17)31(29,30)27(21-14-19(24)13-20(25)15-21)16-23(28)26-12-11-18-5-3-2-4-6-18/h2-10,13-15H,11-12,16H2,1H3,(H,26,28). The molecule has 1 amide bonds. The fraction of sp³-hybridized carbons (Fsp3) is 0.174. The predicted molar refractivity (Wildman–Crippen MR) is 125 cm³/mol. The molecule has 1 N–H and O–H groups in total. The van der Waals surface area contributed by atoms with Gasteiger partial charge < -0.3 is 5.32 Å². The first kappa shape index (κ1) is 23.1. The van der Waals surface area contributed by atoms with E-state index >= 15 is 0 Å². The van der Waals surface area contributed by atoms with Crippen LogP contribution in [0.3, 0.4) is 0 Å². The molecule has 31 heavy (non-hydrogen) atoms. The predicted octanol–water partition coefficient (Wildman–Crippen LogP) is 4.86. The van der Waals surface area contributed by atoms with Crippen LogP contribution in [0.2, 0.25) is 10.0 Å². The molecule has 0 atom stereocenters. The van der Waals surface area contributed by atoms with Crippen LogP contribution in [-0.4, -0.2) is 27.4 Å². The van der Waals surface area contributed by atoms with E-state index in [0.717, 1.165) is 15.4 Å². The summed E-state index contributed by atoms with van der Waals surface area (Å²) >= 11 is 12.2. The third-order valence-electron chi connectivity index (χ3n) is 4.61. The Kier molecular flexibility index (Phi) is 7.59. The van der Waals surface area contributed by atoms with E-state index in [-0.39, 0.29) is 20.6 Å². The molecule has 0 aliphatic rings. The average molecular weight is 477 g/mol. The Bertz CT molecular complexity index is 1130.